The minimum atomic E-state index is -1.37. The fourth-order valence-corrected chi connectivity index (χ4v) is 4.50. The molecule has 29 heavy (non-hydrogen) atoms. The van der Waals surface area contributed by atoms with E-state index in [2.05, 4.69) is 6.07 Å². The molecule has 1 aliphatic carbocycles. The van der Waals surface area contributed by atoms with E-state index >= 15 is 0 Å². The summed E-state index contributed by atoms with van der Waals surface area (Å²) in [7, 11) is 1.64. The van der Waals surface area contributed by atoms with Crippen LogP contribution < -0.4 is 4.74 Å². The number of hydrogen-bond donors (Lipinski definition) is 4. The van der Waals surface area contributed by atoms with Crippen LogP contribution in [0.25, 0.3) is 0 Å². The number of aryl methyl sites for hydroxylation is 1. The first kappa shape index (κ1) is 20.3. The lowest BCUT2D eigenvalue weighted by molar-refractivity contribution is -0.231. The number of aliphatic hydroxyl groups is 4. The van der Waals surface area contributed by atoms with Crippen LogP contribution >= 0.6 is 0 Å². The van der Waals surface area contributed by atoms with E-state index in [1.807, 2.05) is 30.3 Å². The van der Waals surface area contributed by atoms with Gasteiger partial charge in [0.05, 0.1) is 13.7 Å². The van der Waals surface area contributed by atoms with E-state index in [0.717, 1.165) is 53.7 Å². The number of rotatable bonds is 5. The largest absolute Gasteiger partial charge is 0.497 e. The van der Waals surface area contributed by atoms with Crippen LogP contribution in [0.2, 0.25) is 0 Å². The molecule has 2 aromatic rings. The van der Waals surface area contributed by atoms with Crippen LogP contribution in [0.15, 0.2) is 36.4 Å². The molecule has 0 unspecified atom stereocenters. The first-order chi connectivity index (χ1) is 14.0. The van der Waals surface area contributed by atoms with Gasteiger partial charge >= 0.3 is 0 Å². The second kappa shape index (κ2) is 8.42. The summed E-state index contributed by atoms with van der Waals surface area (Å²) in [5.74, 6) is 0.810. The zero-order chi connectivity index (χ0) is 20.5. The molecule has 1 saturated heterocycles. The van der Waals surface area contributed by atoms with Gasteiger partial charge in [0.25, 0.3) is 0 Å². The maximum absolute atomic E-state index is 10.6. The lowest BCUT2D eigenvalue weighted by Gasteiger charge is -2.41. The van der Waals surface area contributed by atoms with E-state index < -0.39 is 37.1 Å². The van der Waals surface area contributed by atoms with Gasteiger partial charge in [-0.2, -0.15) is 0 Å². The number of benzene rings is 2. The molecule has 6 nitrogen and oxygen atoms in total. The highest BCUT2D eigenvalue weighted by atomic mass is 16.5. The van der Waals surface area contributed by atoms with Crippen molar-refractivity contribution in [3.05, 3.63) is 64.2 Å². The molecule has 2 aliphatic rings. The van der Waals surface area contributed by atoms with E-state index in [4.69, 9.17) is 9.47 Å². The van der Waals surface area contributed by atoms with E-state index in [1.165, 1.54) is 5.56 Å². The molecule has 0 saturated carbocycles. The van der Waals surface area contributed by atoms with Crippen molar-refractivity contribution in [2.45, 2.75) is 56.2 Å². The molecule has 5 atom stereocenters. The highest BCUT2D eigenvalue weighted by molar-refractivity contribution is 5.45. The van der Waals surface area contributed by atoms with Crippen LogP contribution in [0.4, 0.5) is 0 Å². The summed E-state index contributed by atoms with van der Waals surface area (Å²) < 4.78 is 11.1. The molecular formula is C23H28O6. The first-order valence-corrected chi connectivity index (χ1v) is 10.1. The number of hydrogen-bond acceptors (Lipinski definition) is 6. The molecule has 0 bridgehead atoms. The second-order valence-corrected chi connectivity index (χ2v) is 7.95. The van der Waals surface area contributed by atoms with Gasteiger partial charge in [0.1, 0.15) is 36.3 Å². The Morgan fingerprint density at radius 1 is 0.966 bits per heavy atom. The van der Waals surface area contributed by atoms with Crippen molar-refractivity contribution in [3.8, 4) is 5.75 Å². The van der Waals surface area contributed by atoms with Gasteiger partial charge in [-0.1, -0.05) is 24.3 Å². The quantitative estimate of drug-likeness (QED) is 0.604. The standard InChI is InChI=1S/C23H28O6/c1-28-16-7-5-13(6-8-16)9-14-10-15-3-2-4-17(15)18(11-14)23-22(27)21(26)20(25)19(12-24)29-23/h5-8,10-11,19-27H,2-4,9,12H2,1H3/t19-,20-,21+,22-,23+/m1/s1. The predicted octanol–water partition coefficient (Wildman–Crippen LogP) is 1.29. The van der Waals surface area contributed by atoms with E-state index in [1.54, 1.807) is 7.11 Å². The third-order valence-electron chi connectivity index (χ3n) is 6.08. The molecule has 0 radical (unpaired) electrons. The summed E-state index contributed by atoms with van der Waals surface area (Å²) >= 11 is 0. The maximum Gasteiger partial charge on any atom is 0.118 e. The molecule has 0 aromatic heterocycles. The summed E-state index contributed by atoms with van der Waals surface area (Å²) in [6.07, 6.45) is -2.04. The van der Waals surface area contributed by atoms with Gasteiger partial charge in [0.2, 0.25) is 0 Å². The Balaban J connectivity index is 1.67. The van der Waals surface area contributed by atoms with Gasteiger partial charge in [-0.15, -0.1) is 0 Å². The monoisotopic (exact) mass is 400 g/mol. The van der Waals surface area contributed by atoms with Crippen molar-refractivity contribution in [3.63, 3.8) is 0 Å². The Morgan fingerprint density at radius 2 is 1.72 bits per heavy atom. The third kappa shape index (κ3) is 3.91. The molecule has 1 fully saturated rings. The average molecular weight is 400 g/mol. The summed E-state index contributed by atoms with van der Waals surface area (Å²) in [6, 6.07) is 12.2. The SMILES string of the molecule is COc1ccc(Cc2cc3c(c([C@@H]4O[C@H](CO)[C@@H](O)[C@H](O)[C@H]4O)c2)CCC3)cc1. The fraction of sp³-hybridized carbons (Fsp3) is 0.478. The van der Waals surface area contributed by atoms with Gasteiger partial charge in [0.15, 0.2) is 0 Å². The van der Waals surface area contributed by atoms with Crippen molar-refractivity contribution in [1.29, 1.82) is 0 Å². The number of ether oxygens (including phenoxy) is 2. The highest BCUT2D eigenvalue weighted by Gasteiger charge is 2.44. The van der Waals surface area contributed by atoms with E-state index in [9.17, 15) is 20.4 Å². The van der Waals surface area contributed by atoms with Crippen molar-refractivity contribution in [1.82, 2.24) is 0 Å². The Bertz CT molecular complexity index is 847. The summed E-state index contributed by atoms with van der Waals surface area (Å²) in [4.78, 5) is 0. The van der Waals surface area contributed by atoms with Crippen LogP contribution in [0.5, 0.6) is 5.75 Å². The zero-order valence-corrected chi connectivity index (χ0v) is 16.5. The topological polar surface area (TPSA) is 99.4 Å². The molecular weight excluding hydrogens is 372 g/mol. The van der Waals surface area contributed by atoms with Crippen molar-refractivity contribution in [2.24, 2.45) is 0 Å². The fourth-order valence-electron chi connectivity index (χ4n) is 4.50. The maximum atomic E-state index is 10.6. The Labute approximate surface area is 170 Å². The van der Waals surface area contributed by atoms with Gasteiger partial charge < -0.3 is 29.9 Å². The Hall–Kier alpha value is -1.96. The molecule has 1 aliphatic heterocycles. The van der Waals surface area contributed by atoms with Gasteiger partial charge in [-0.25, -0.2) is 0 Å². The molecule has 6 heteroatoms. The Morgan fingerprint density at radius 3 is 2.41 bits per heavy atom. The summed E-state index contributed by atoms with van der Waals surface area (Å²) in [5, 5.41) is 40.5. The zero-order valence-electron chi connectivity index (χ0n) is 16.5. The van der Waals surface area contributed by atoms with Gasteiger partial charge in [-0.05, 0) is 65.6 Å². The Kier molecular flexibility index (Phi) is 5.90. The normalized spacial score (nSPS) is 28.9. The highest BCUT2D eigenvalue weighted by Crippen LogP contribution is 2.38. The number of methoxy groups -OCH3 is 1. The summed E-state index contributed by atoms with van der Waals surface area (Å²) in [5.41, 5.74) is 5.47. The van der Waals surface area contributed by atoms with Crippen molar-refractivity contribution < 1.29 is 29.9 Å². The molecule has 4 rings (SSSR count). The molecule has 2 aromatic carbocycles. The third-order valence-corrected chi connectivity index (χ3v) is 6.08. The van der Waals surface area contributed by atoms with Crippen LogP contribution in [0.3, 0.4) is 0 Å². The van der Waals surface area contributed by atoms with Crippen molar-refractivity contribution >= 4 is 0 Å². The van der Waals surface area contributed by atoms with Crippen LogP contribution in [0.1, 0.15) is 40.3 Å². The van der Waals surface area contributed by atoms with Crippen LogP contribution in [-0.4, -0.2) is 58.6 Å². The van der Waals surface area contributed by atoms with Crippen LogP contribution in [0, 0.1) is 0 Å². The molecule has 0 amide bonds. The van der Waals surface area contributed by atoms with Gasteiger partial charge in [0, 0.05) is 0 Å². The minimum absolute atomic E-state index is 0.421. The lowest BCUT2D eigenvalue weighted by atomic mass is 9.86. The average Bonchev–Trinajstić information content (AvgIpc) is 3.21. The number of fused-ring (bicyclic) bond motifs is 1. The predicted molar refractivity (Wildman–Crippen MR) is 107 cm³/mol. The number of aliphatic hydroxyl groups excluding tert-OH is 4. The van der Waals surface area contributed by atoms with Crippen molar-refractivity contribution in [2.75, 3.05) is 13.7 Å². The minimum Gasteiger partial charge on any atom is -0.497 e. The molecule has 4 N–H and O–H groups in total. The second-order valence-electron chi connectivity index (χ2n) is 7.95. The van der Waals surface area contributed by atoms with Crippen LogP contribution in [-0.2, 0) is 24.0 Å². The lowest BCUT2D eigenvalue weighted by Crippen LogP contribution is -2.55. The van der Waals surface area contributed by atoms with Gasteiger partial charge in [-0.3, -0.25) is 0 Å². The smallest absolute Gasteiger partial charge is 0.118 e. The first-order valence-electron chi connectivity index (χ1n) is 10.1. The molecule has 156 valence electrons. The van der Waals surface area contributed by atoms with E-state index in [-0.39, 0.29) is 0 Å². The molecule has 0 spiro atoms. The molecule has 1 heterocycles. The summed E-state index contributed by atoms with van der Waals surface area (Å²) in [6.45, 7) is -0.421. The van der Waals surface area contributed by atoms with E-state index in [0.29, 0.717) is 0 Å².